The van der Waals surface area contributed by atoms with Gasteiger partial charge < -0.3 is 0 Å². The van der Waals surface area contributed by atoms with Crippen LogP contribution in [0.2, 0.25) is 5.02 Å². The van der Waals surface area contributed by atoms with E-state index in [4.69, 9.17) is 11.6 Å². The summed E-state index contributed by atoms with van der Waals surface area (Å²) in [5.41, 5.74) is 2.70. The highest BCUT2D eigenvalue weighted by Crippen LogP contribution is 2.34. The van der Waals surface area contributed by atoms with E-state index in [1.807, 2.05) is 6.92 Å². The Hall–Kier alpha value is -2.01. The number of sulfonamides is 2. The molecule has 0 amide bonds. The van der Waals surface area contributed by atoms with Gasteiger partial charge in [-0.2, -0.15) is 0 Å². The third-order valence-corrected chi connectivity index (χ3v) is 10.1. The average molecular weight is 461 g/mol. The molecule has 2 aromatic rings. The first kappa shape index (κ1) is 23.3. The number of benzene rings is 2. The summed E-state index contributed by atoms with van der Waals surface area (Å²) >= 11 is 5.73. The lowest BCUT2D eigenvalue weighted by atomic mass is 9.95. The molecule has 0 aliphatic rings. The maximum atomic E-state index is 13.3. The maximum absolute atomic E-state index is 13.3. The Kier molecular flexibility index (Phi) is 6.16. The zero-order valence-corrected chi connectivity index (χ0v) is 19.2. The summed E-state index contributed by atoms with van der Waals surface area (Å²) in [7, 11) is -8.16. The van der Waals surface area contributed by atoms with Crippen molar-refractivity contribution in [1.29, 1.82) is 0 Å². The first-order valence-electron chi connectivity index (χ1n) is 8.40. The number of nitro benzene ring substituents is 1. The minimum Gasteiger partial charge on any atom is -0.258 e. The molecule has 158 valence electrons. The van der Waals surface area contributed by atoms with Gasteiger partial charge in [-0.15, -0.1) is 0 Å². The van der Waals surface area contributed by atoms with Gasteiger partial charge in [0, 0.05) is 13.1 Å². The Balaban J connectivity index is 2.73. The summed E-state index contributed by atoms with van der Waals surface area (Å²) in [5.74, 6) is 0. The van der Waals surface area contributed by atoms with Gasteiger partial charge >= 0.3 is 0 Å². The van der Waals surface area contributed by atoms with E-state index in [9.17, 15) is 26.9 Å². The third-order valence-electron chi connectivity index (χ3n) is 5.28. The van der Waals surface area contributed by atoms with Crippen LogP contribution in [-0.2, 0) is 20.0 Å². The molecule has 0 saturated heterocycles. The molecular weight excluding hydrogens is 440 g/mol. The van der Waals surface area contributed by atoms with Gasteiger partial charge in [0.15, 0.2) is 0 Å². The smallest absolute Gasteiger partial charge is 0.258 e. The van der Waals surface area contributed by atoms with Crippen molar-refractivity contribution in [2.75, 3.05) is 7.05 Å². The first-order valence-corrected chi connectivity index (χ1v) is 11.7. The largest absolute Gasteiger partial charge is 0.289 e. The molecule has 11 heteroatoms. The van der Waals surface area contributed by atoms with Crippen molar-refractivity contribution in [2.45, 2.75) is 44.4 Å². The van der Waals surface area contributed by atoms with Crippen molar-refractivity contribution in [3.8, 4) is 0 Å². The van der Waals surface area contributed by atoms with E-state index in [0.717, 1.165) is 41.9 Å². The highest BCUT2D eigenvalue weighted by molar-refractivity contribution is 8.04. The molecular formula is C18H21ClN2O6S2. The molecule has 0 heterocycles. The molecule has 0 unspecified atom stereocenters. The van der Waals surface area contributed by atoms with Crippen LogP contribution in [0, 0.1) is 44.7 Å². The normalized spacial score (nSPS) is 12.4. The lowest BCUT2D eigenvalue weighted by molar-refractivity contribution is -0.384. The molecule has 0 aliphatic heterocycles. The van der Waals surface area contributed by atoms with Crippen molar-refractivity contribution in [3.05, 3.63) is 61.2 Å². The molecule has 2 aromatic carbocycles. The highest BCUT2D eigenvalue weighted by atomic mass is 35.5. The summed E-state index contributed by atoms with van der Waals surface area (Å²) < 4.78 is 52.8. The van der Waals surface area contributed by atoms with Crippen LogP contribution in [0.4, 0.5) is 5.69 Å². The zero-order chi connectivity index (χ0) is 22.5. The number of rotatable bonds is 5. The second kappa shape index (κ2) is 7.67. The standard InChI is InChI=1S/C18H21ClN2O6S2/c1-10-11(2)13(4)18(14(5)12(10)3)29(26,27)20(6)28(24,25)15-7-8-16(19)17(9-15)21(22)23/h7-9H,1-6H3. The Morgan fingerprint density at radius 3 is 1.76 bits per heavy atom. The third kappa shape index (κ3) is 3.77. The van der Waals surface area contributed by atoms with E-state index in [0.29, 0.717) is 11.1 Å². The van der Waals surface area contributed by atoms with Crippen LogP contribution in [-0.4, -0.2) is 32.5 Å². The van der Waals surface area contributed by atoms with Gasteiger partial charge in [-0.1, -0.05) is 15.3 Å². The van der Waals surface area contributed by atoms with Crippen molar-refractivity contribution in [1.82, 2.24) is 3.71 Å². The summed E-state index contributed by atoms with van der Waals surface area (Å²) in [5, 5.41) is 10.8. The summed E-state index contributed by atoms with van der Waals surface area (Å²) in [4.78, 5) is 9.61. The molecule has 2 rings (SSSR count). The van der Waals surface area contributed by atoms with Crippen LogP contribution in [0.5, 0.6) is 0 Å². The monoisotopic (exact) mass is 460 g/mol. The molecule has 0 aliphatic carbocycles. The number of nitro groups is 1. The van der Waals surface area contributed by atoms with E-state index in [2.05, 4.69) is 0 Å². The average Bonchev–Trinajstić information content (AvgIpc) is 2.63. The van der Waals surface area contributed by atoms with E-state index in [1.54, 1.807) is 27.7 Å². The Bertz CT molecular complexity index is 1210. The quantitative estimate of drug-likeness (QED) is 0.495. The first-order chi connectivity index (χ1) is 13.2. The number of halogens is 1. The van der Waals surface area contributed by atoms with Gasteiger partial charge in [-0.3, -0.25) is 10.1 Å². The molecule has 0 radical (unpaired) electrons. The fraction of sp³-hybridized carbons (Fsp3) is 0.333. The lowest BCUT2D eigenvalue weighted by Gasteiger charge is -2.23. The molecule has 0 fully saturated rings. The van der Waals surface area contributed by atoms with Crippen molar-refractivity contribution in [2.24, 2.45) is 0 Å². The molecule has 29 heavy (non-hydrogen) atoms. The summed E-state index contributed by atoms with van der Waals surface area (Å²) in [6.45, 7) is 8.65. The van der Waals surface area contributed by atoms with Crippen molar-refractivity contribution < 1.29 is 21.8 Å². The van der Waals surface area contributed by atoms with E-state index in [-0.39, 0.29) is 13.6 Å². The highest BCUT2D eigenvalue weighted by Gasteiger charge is 2.37. The van der Waals surface area contributed by atoms with Gasteiger partial charge in [0.05, 0.1) is 14.7 Å². The maximum Gasteiger partial charge on any atom is 0.289 e. The Morgan fingerprint density at radius 1 is 0.862 bits per heavy atom. The second-order valence-corrected chi connectivity index (χ2v) is 11.2. The van der Waals surface area contributed by atoms with Gasteiger partial charge in [0.2, 0.25) is 0 Å². The fourth-order valence-electron chi connectivity index (χ4n) is 3.05. The lowest BCUT2D eigenvalue weighted by Crippen LogP contribution is -2.34. The Labute approximate surface area is 175 Å². The minimum absolute atomic E-state index is 0.0901. The van der Waals surface area contributed by atoms with Gasteiger partial charge in [0.1, 0.15) is 5.02 Å². The molecule has 0 bridgehead atoms. The van der Waals surface area contributed by atoms with Crippen molar-refractivity contribution >= 4 is 37.3 Å². The van der Waals surface area contributed by atoms with Crippen LogP contribution in [0.3, 0.4) is 0 Å². The van der Waals surface area contributed by atoms with Gasteiger partial charge in [0.25, 0.3) is 25.7 Å². The number of hydrogen-bond acceptors (Lipinski definition) is 6. The topological polar surface area (TPSA) is 115 Å². The zero-order valence-electron chi connectivity index (χ0n) is 16.8. The Morgan fingerprint density at radius 2 is 1.31 bits per heavy atom. The van der Waals surface area contributed by atoms with E-state index < -0.39 is 35.6 Å². The van der Waals surface area contributed by atoms with E-state index in [1.165, 1.54) is 0 Å². The van der Waals surface area contributed by atoms with E-state index >= 15 is 0 Å². The number of nitrogens with zero attached hydrogens (tertiary/aromatic N) is 2. The van der Waals surface area contributed by atoms with Crippen LogP contribution in [0.15, 0.2) is 28.0 Å². The SMILES string of the molecule is Cc1c(C)c(C)c(S(=O)(=O)N(C)S(=O)(=O)c2ccc(Cl)c([N+](=O)[O-])c2)c(C)c1C. The van der Waals surface area contributed by atoms with Crippen LogP contribution in [0.25, 0.3) is 0 Å². The van der Waals surface area contributed by atoms with Crippen LogP contribution < -0.4 is 0 Å². The fourth-order valence-corrected chi connectivity index (χ4v) is 6.89. The molecule has 0 atom stereocenters. The molecule has 0 saturated carbocycles. The molecule has 0 aromatic heterocycles. The predicted molar refractivity (Wildman–Crippen MR) is 110 cm³/mol. The van der Waals surface area contributed by atoms with Gasteiger partial charge in [-0.25, -0.2) is 16.8 Å². The molecule has 8 nitrogen and oxygen atoms in total. The summed E-state index contributed by atoms with van der Waals surface area (Å²) in [6.07, 6.45) is 0. The predicted octanol–water partition coefficient (Wildman–Crippen LogP) is 3.80. The van der Waals surface area contributed by atoms with Crippen LogP contribution >= 0.6 is 11.6 Å². The molecule has 0 spiro atoms. The molecule has 0 N–H and O–H groups in total. The minimum atomic E-state index is -4.60. The second-order valence-electron chi connectivity index (χ2n) is 6.71. The number of hydrogen-bond donors (Lipinski definition) is 0. The van der Waals surface area contributed by atoms with Gasteiger partial charge in [-0.05, 0) is 74.6 Å². The summed E-state index contributed by atoms with van der Waals surface area (Å²) in [6, 6.07) is 2.82. The van der Waals surface area contributed by atoms with Crippen molar-refractivity contribution in [3.63, 3.8) is 0 Å². The van der Waals surface area contributed by atoms with Crippen LogP contribution in [0.1, 0.15) is 27.8 Å².